The van der Waals surface area contributed by atoms with Gasteiger partial charge in [-0.1, -0.05) is 25.0 Å². The van der Waals surface area contributed by atoms with Gasteiger partial charge in [-0.2, -0.15) is 0 Å². The summed E-state index contributed by atoms with van der Waals surface area (Å²) in [5, 5.41) is 13.5. The van der Waals surface area contributed by atoms with Crippen LogP contribution in [-0.4, -0.2) is 48.3 Å². The van der Waals surface area contributed by atoms with Gasteiger partial charge in [-0.05, 0) is 56.5 Å². The van der Waals surface area contributed by atoms with Crippen molar-refractivity contribution in [1.29, 1.82) is 0 Å². The Hall–Kier alpha value is -1.59. The maximum absolute atomic E-state index is 12.4. The number of likely N-dealkylation sites (tertiary alicyclic amines) is 1. The van der Waals surface area contributed by atoms with Gasteiger partial charge in [-0.3, -0.25) is 9.69 Å². The lowest BCUT2D eigenvalue weighted by atomic mass is 9.97. The molecular weight excluding hydrogens is 316 g/mol. The molecule has 1 unspecified atom stereocenters. The number of methoxy groups -OCH3 is 1. The zero-order valence-electron chi connectivity index (χ0n) is 15.2. The monoisotopic (exact) mass is 346 g/mol. The van der Waals surface area contributed by atoms with Crippen LogP contribution in [0.1, 0.15) is 56.6 Å². The van der Waals surface area contributed by atoms with E-state index in [4.69, 9.17) is 4.74 Å². The molecule has 1 saturated heterocycles. The molecule has 1 aliphatic carbocycles. The normalized spacial score (nSPS) is 21.2. The summed E-state index contributed by atoms with van der Waals surface area (Å²) in [5.74, 6) is 0.796. The molecule has 138 valence electrons. The van der Waals surface area contributed by atoms with E-state index in [1.165, 1.54) is 18.4 Å². The Morgan fingerprint density at radius 3 is 2.68 bits per heavy atom. The highest BCUT2D eigenvalue weighted by atomic mass is 16.5. The number of amides is 1. The summed E-state index contributed by atoms with van der Waals surface area (Å²) in [4.78, 5) is 14.8. The molecular formula is C20H30N2O3. The second kappa shape index (κ2) is 8.19. The Morgan fingerprint density at radius 2 is 2.00 bits per heavy atom. The van der Waals surface area contributed by atoms with E-state index < -0.39 is 5.60 Å². The van der Waals surface area contributed by atoms with Crippen LogP contribution in [0.4, 0.5) is 0 Å². The molecule has 5 heteroatoms. The lowest BCUT2D eigenvalue weighted by Crippen LogP contribution is -2.40. The summed E-state index contributed by atoms with van der Waals surface area (Å²) < 4.78 is 5.36. The summed E-state index contributed by atoms with van der Waals surface area (Å²) in [6.45, 7) is 2.69. The van der Waals surface area contributed by atoms with Crippen molar-refractivity contribution in [1.82, 2.24) is 10.2 Å². The number of carbonyl (C=O) groups is 1. The quantitative estimate of drug-likeness (QED) is 0.797. The standard InChI is InChI=1S/C20H30N2O3/c1-25-17-8-6-7-16(13-17)18(22-11-4-5-12-22)15-21-19(23)14-20(24)9-2-3-10-20/h6-8,13,18,24H,2-5,9-12,14-15H2,1H3,(H,21,23). The van der Waals surface area contributed by atoms with Gasteiger partial charge in [0.1, 0.15) is 5.75 Å². The highest BCUT2D eigenvalue weighted by Crippen LogP contribution is 2.32. The number of nitrogens with one attached hydrogen (secondary N) is 1. The van der Waals surface area contributed by atoms with Gasteiger partial charge in [-0.15, -0.1) is 0 Å². The summed E-state index contributed by atoms with van der Waals surface area (Å²) in [7, 11) is 1.67. The Balaban J connectivity index is 1.64. The fourth-order valence-corrected chi connectivity index (χ4v) is 4.14. The SMILES string of the molecule is COc1cccc(C(CNC(=O)CC2(O)CCCC2)N2CCCC2)c1. The van der Waals surface area contributed by atoms with Crippen LogP contribution in [0.5, 0.6) is 5.75 Å². The van der Waals surface area contributed by atoms with Gasteiger partial charge in [0.05, 0.1) is 25.2 Å². The maximum Gasteiger partial charge on any atom is 0.222 e. The highest BCUT2D eigenvalue weighted by molar-refractivity contribution is 5.77. The van der Waals surface area contributed by atoms with E-state index in [2.05, 4.69) is 22.3 Å². The lowest BCUT2D eigenvalue weighted by Gasteiger charge is -2.29. The number of aliphatic hydroxyl groups is 1. The number of ether oxygens (including phenoxy) is 1. The predicted molar refractivity (Wildman–Crippen MR) is 97.6 cm³/mol. The van der Waals surface area contributed by atoms with Crippen molar-refractivity contribution in [3.63, 3.8) is 0 Å². The van der Waals surface area contributed by atoms with E-state index in [-0.39, 0.29) is 18.4 Å². The molecule has 2 fully saturated rings. The largest absolute Gasteiger partial charge is 0.497 e. The van der Waals surface area contributed by atoms with E-state index in [1.807, 2.05) is 12.1 Å². The average Bonchev–Trinajstić information content (AvgIpc) is 3.27. The topological polar surface area (TPSA) is 61.8 Å². The van der Waals surface area contributed by atoms with Gasteiger partial charge in [0.2, 0.25) is 5.91 Å². The van der Waals surface area contributed by atoms with E-state index in [9.17, 15) is 9.90 Å². The van der Waals surface area contributed by atoms with Crippen molar-refractivity contribution < 1.29 is 14.6 Å². The smallest absolute Gasteiger partial charge is 0.222 e. The molecule has 2 N–H and O–H groups in total. The predicted octanol–water partition coefficient (Wildman–Crippen LogP) is 2.64. The van der Waals surface area contributed by atoms with Crippen LogP contribution >= 0.6 is 0 Å². The third kappa shape index (κ3) is 4.73. The van der Waals surface area contributed by atoms with Gasteiger partial charge >= 0.3 is 0 Å². The first kappa shape index (κ1) is 18.2. The molecule has 1 aromatic carbocycles. The Bertz CT molecular complexity index is 578. The molecule has 2 aliphatic rings. The number of rotatable bonds is 7. The minimum absolute atomic E-state index is 0.0449. The molecule has 0 aromatic heterocycles. The van der Waals surface area contributed by atoms with Crippen LogP contribution < -0.4 is 10.1 Å². The third-order valence-electron chi connectivity index (χ3n) is 5.58. The number of benzene rings is 1. The van der Waals surface area contributed by atoms with Crippen molar-refractivity contribution in [2.24, 2.45) is 0 Å². The molecule has 1 aromatic rings. The number of carbonyl (C=O) groups excluding carboxylic acids is 1. The molecule has 3 rings (SSSR count). The number of nitrogens with zero attached hydrogens (tertiary/aromatic N) is 1. The molecule has 1 amide bonds. The Kier molecular flexibility index (Phi) is 5.97. The zero-order valence-corrected chi connectivity index (χ0v) is 15.2. The van der Waals surface area contributed by atoms with Gasteiger partial charge in [0.15, 0.2) is 0 Å². The fraction of sp³-hybridized carbons (Fsp3) is 0.650. The molecule has 0 radical (unpaired) electrons. The maximum atomic E-state index is 12.4. The van der Waals surface area contributed by atoms with Crippen molar-refractivity contribution in [2.45, 2.75) is 56.6 Å². The molecule has 1 aliphatic heterocycles. The van der Waals surface area contributed by atoms with Crippen molar-refractivity contribution >= 4 is 5.91 Å². The molecule has 0 bridgehead atoms. The first-order chi connectivity index (χ1) is 12.1. The Labute approximate surface area is 150 Å². The second-order valence-corrected chi connectivity index (χ2v) is 7.45. The Morgan fingerprint density at radius 1 is 1.28 bits per heavy atom. The average molecular weight is 346 g/mol. The van der Waals surface area contributed by atoms with Gasteiger partial charge < -0.3 is 15.2 Å². The minimum atomic E-state index is -0.789. The van der Waals surface area contributed by atoms with Gasteiger partial charge in [-0.25, -0.2) is 0 Å². The number of hydrogen-bond donors (Lipinski definition) is 2. The van der Waals surface area contributed by atoms with Crippen LogP contribution in [0.2, 0.25) is 0 Å². The molecule has 1 saturated carbocycles. The molecule has 1 heterocycles. The van der Waals surface area contributed by atoms with Crippen LogP contribution in [0.3, 0.4) is 0 Å². The van der Waals surface area contributed by atoms with Crippen LogP contribution in [0, 0.1) is 0 Å². The van der Waals surface area contributed by atoms with E-state index >= 15 is 0 Å². The molecule has 1 atom stereocenters. The third-order valence-corrected chi connectivity index (χ3v) is 5.58. The van der Waals surface area contributed by atoms with E-state index in [0.29, 0.717) is 6.54 Å². The number of hydrogen-bond acceptors (Lipinski definition) is 4. The van der Waals surface area contributed by atoms with E-state index in [1.54, 1.807) is 7.11 Å². The van der Waals surface area contributed by atoms with Crippen LogP contribution in [0.25, 0.3) is 0 Å². The van der Waals surface area contributed by atoms with E-state index in [0.717, 1.165) is 44.5 Å². The first-order valence-corrected chi connectivity index (χ1v) is 9.47. The minimum Gasteiger partial charge on any atom is -0.497 e. The van der Waals surface area contributed by atoms with Crippen molar-refractivity contribution in [2.75, 3.05) is 26.7 Å². The van der Waals surface area contributed by atoms with Gasteiger partial charge in [0.25, 0.3) is 0 Å². The summed E-state index contributed by atoms with van der Waals surface area (Å²) in [6, 6.07) is 8.25. The summed E-state index contributed by atoms with van der Waals surface area (Å²) >= 11 is 0. The zero-order chi connectivity index (χ0) is 17.7. The second-order valence-electron chi connectivity index (χ2n) is 7.45. The van der Waals surface area contributed by atoms with Crippen LogP contribution in [-0.2, 0) is 4.79 Å². The summed E-state index contributed by atoms with van der Waals surface area (Å²) in [5.41, 5.74) is 0.379. The van der Waals surface area contributed by atoms with Gasteiger partial charge in [0, 0.05) is 6.54 Å². The molecule has 0 spiro atoms. The lowest BCUT2D eigenvalue weighted by molar-refractivity contribution is -0.126. The molecule has 5 nitrogen and oxygen atoms in total. The fourth-order valence-electron chi connectivity index (χ4n) is 4.14. The molecule has 25 heavy (non-hydrogen) atoms. The van der Waals surface area contributed by atoms with Crippen molar-refractivity contribution in [3.05, 3.63) is 29.8 Å². The van der Waals surface area contributed by atoms with Crippen molar-refractivity contribution in [3.8, 4) is 5.75 Å². The summed E-state index contributed by atoms with van der Waals surface area (Å²) in [6.07, 6.45) is 6.14. The highest BCUT2D eigenvalue weighted by Gasteiger charge is 2.33. The first-order valence-electron chi connectivity index (χ1n) is 9.47. The van der Waals surface area contributed by atoms with Crippen LogP contribution in [0.15, 0.2) is 24.3 Å².